The van der Waals surface area contributed by atoms with Crippen LogP contribution in [0.15, 0.2) is 30.3 Å². The van der Waals surface area contributed by atoms with Gasteiger partial charge in [0.05, 0.1) is 27.9 Å². The molecule has 0 radical (unpaired) electrons. The van der Waals surface area contributed by atoms with Gasteiger partial charge in [0.15, 0.2) is 0 Å². The van der Waals surface area contributed by atoms with Crippen molar-refractivity contribution < 1.29 is 40.2 Å². The molecule has 1 N–H and O–H groups in total. The second-order valence-corrected chi connectivity index (χ2v) is 10.4. The van der Waals surface area contributed by atoms with Crippen molar-refractivity contribution in [2.75, 3.05) is 17.7 Å². The topological polar surface area (TPSA) is 84.9 Å². The number of nitrogens with one attached hydrogen (secondary N) is 1. The molecule has 0 spiro atoms. The summed E-state index contributed by atoms with van der Waals surface area (Å²) >= 11 is 12.1. The first-order valence-electron chi connectivity index (χ1n) is 10.1. The van der Waals surface area contributed by atoms with E-state index in [9.17, 15) is 30.8 Å². The fraction of sp³-hybridized carbons (Fsp3) is 0.381. The molecule has 1 aliphatic heterocycles. The molecule has 0 saturated carbocycles. The van der Waals surface area contributed by atoms with Gasteiger partial charge in [-0.1, -0.05) is 23.2 Å². The number of nitrogens with zero attached hydrogens (tertiary/aromatic N) is 1. The lowest BCUT2D eigenvalue weighted by Gasteiger charge is -2.32. The van der Waals surface area contributed by atoms with Gasteiger partial charge in [-0.3, -0.25) is 4.79 Å². The third-order valence-corrected chi connectivity index (χ3v) is 6.32. The van der Waals surface area contributed by atoms with Crippen molar-refractivity contribution >= 4 is 44.8 Å². The Balaban J connectivity index is 1.77. The maximum atomic E-state index is 14.5. The number of hydrogen-bond acceptors (Lipinski definition) is 6. The summed E-state index contributed by atoms with van der Waals surface area (Å²) in [7, 11) is -3.91. The molecule has 0 bridgehead atoms. The first-order valence-corrected chi connectivity index (χ1v) is 12.8. The molecule has 1 amide bonds. The van der Waals surface area contributed by atoms with Crippen molar-refractivity contribution in [3.05, 3.63) is 51.8 Å². The van der Waals surface area contributed by atoms with Gasteiger partial charge in [-0.25, -0.2) is 17.5 Å². The second-order valence-electron chi connectivity index (χ2n) is 7.85. The number of ether oxygens (including phenoxy) is 2. The van der Waals surface area contributed by atoms with E-state index in [4.69, 9.17) is 27.9 Å². The number of anilines is 1. The van der Waals surface area contributed by atoms with E-state index < -0.39 is 45.5 Å². The summed E-state index contributed by atoms with van der Waals surface area (Å²) in [4.78, 5) is 13.9. The molecule has 0 aromatic heterocycles. The van der Waals surface area contributed by atoms with Gasteiger partial charge in [-0.15, -0.1) is 13.2 Å². The van der Waals surface area contributed by atoms with Gasteiger partial charge in [0.25, 0.3) is 5.91 Å². The highest BCUT2D eigenvalue weighted by Gasteiger charge is 2.34. The summed E-state index contributed by atoms with van der Waals surface area (Å²) in [6, 6.07) is 5.52. The van der Waals surface area contributed by atoms with Crippen molar-refractivity contribution in [1.82, 2.24) is 4.72 Å². The molecule has 35 heavy (non-hydrogen) atoms. The van der Waals surface area contributed by atoms with Crippen LogP contribution in [0.1, 0.15) is 30.1 Å². The van der Waals surface area contributed by atoms with Crippen molar-refractivity contribution in [3.8, 4) is 11.5 Å². The first kappa shape index (κ1) is 27.2. The van der Waals surface area contributed by atoms with Gasteiger partial charge in [0, 0.05) is 18.3 Å². The van der Waals surface area contributed by atoms with Gasteiger partial charge >= 0.3 is 6.36 Å². The lowest BCUT2D eigenvalue weighted by atomic mass is 10.1. The Morgan fingerprint density at radius 2 is 1.83 bits per heavy atom. The van der Waals surface area contributed by atoms with Crippen LogP contribution in [0.2, 0.25) is 10.0 Å². The fourth-order valence-electron chi connectivity index (χ4n) is 3.77. The van der Waals surface area contributed by atoms with Crippen LogP contribution in [0.5, 0.6) is 11.5 Å². The Bertz CT molecular complexity index is 1230. The number of amides is 1. The maximum Gasteiger partial charge on any atom is 0.573 e. The van der Waals surface area contributed by atoms with E-state index in [1.807, 2.05) is 4.90 Å². The van der Waals surface area contributed by atoms with Crippen LogP contribution in [0.25, 0.3) is 0 Å². The zero-order chi connectivity index (χ0) is 26.1. The third kappa shape index (κ3) is 7.05. The molecule has 192 valence electrons. The highest BCUT2D eigenvalue weighted by Crippen LogP contribution is 2.37. The average Bonchev–Trinajstić information content (AvgIpc) is 3.19. The molecule has 1 aliphatic rings. The van der Waals surface area contributed by atoms with Crippen LogP contribution in [0.3, 0.4) is 0 Å². The largest absolute Gasteiger partial charge is 0.573 e. The van der Waals surface area contributed by atoms with Crippen LogP contribution in [0, 0.1) is 5.82 Å². The van der Waals surface area contributed by atoms with Gasteiger partial charge in [-0.2, -0.15) is 0 Å². The van der Waals surface area contributed by atoms with Crippen LogP contribution in [-0.4, -0.2) is 45.6 Å². The third-order valence-electron chi connectivity index (χ3n) is 5.17. The fourth-order valence-corrected chi connectivity index (χ4v) is 4.64. The van der Waals surface area contributed by atoms with Gasteiger partial charge in [-0.05, 0) is 44.0 Å². The number of sulfonamides is 1. The van der Waals surface area contributed by atoms with E-state index in [1.165, 1.54) is 12.1 Å². The minimum atomic E-state index is -4.88. The summed E-state index contributed by atoms with van der Waals surface area (Å²) in [5.74, 6) is -2.80. The summed E-state index contributed by atoms with van der Waals surface area (Å²) in [6.45, 7) is 2.28. The zero-order valence-electron chi connectivity index (χ0n) is 18.3. The lowest BCUT2D eigenvalue weighted by Crippen LogP contribution is -2.40. The number of alkyl halides is 3. The molecule has 1 saturated heterocycles. The number of rotatable bonds is 7. The molecule has 7 nitrogen and oxygen atoms in total. The van der Waals surface area contributed by atoms with E-state index in [0.717, 1.165) is 30.9 Å². The molecule has 3 rings (SSSR count). The number of hydrogen-bond donors (Lipinski definition) is 1. The number of carbonyl (C=O) groups is 1. The normalized spacial score (nSPS) is 17.3. The summed E-state index contributed by atoms with van der Waals surface area (Å²) in [6.07, 6.45) is -3.27. The van der Waals surface area contributed by atoms with Crippen LogP contribution in [-0.2, 0) is 10.0 Å². The monoisotopic (exact) mass is 558 g/mol. The van der Waals surface area contributed by atoms with Gasteiger partial charge in [0.2, 0.25) is 10.0 Å². The van der Waals surface area contributed by atoms with Crippen molar-refractivity contribution in [3.63, 3.8) is 0 Å². The van der Waals surface area contributed by atoms with E-state index >= 15 is 0 Å². The molecule has 0 aliphatic carbocycles. The van der Waals surface area contributed by atoms with Crippen molar-refractivity contribution in [2.45, 2.75) is 38.3 Å². The molecule has 2 aromatic carbocycles. The molecule has 2 aromatic rings. The van der Waals surface area contributed by atoms with Gasteiger partial charge < -0.3 is 14.4 Å². The molecular weight excluding hydrogens is 539 g/mol. The highest BCUT2D eigenvalue weighted by molar-refractivity contribution is 7.89. The zero-order valence-corrected chi connectivity index (χ0v) is 20.7. The Kier molecular flexibility index (Phi) is 7.97. The predicted octanol–water partition coefficient (Wildman–Crippen LogP) is 5.16. The SMILES string of the molecule is CC(Oc1cc(F)c(C(=O)NS(C)(=O)=O)cc1Cl)[C@H]1CCCN1c1ccc(OC(F)(F)F)c(Cl)c1. The number of halogens is 6. The lowest BCUT2D eigenvalue weighted by molar-refractivity contribution is -0.274. The number of benzene rings is 2. The predicted molar refractivity (Wildman–Crippen MR) is 122 cm³/mol. The standard InChI is InChI=1S/C21H20Cl2F4N2O5S/c1-11(33-19-10-16(24)13(9-15(19)23)20(30)28-35(2,31)32)17-4-3-7-29(17)12-5-6-18(14(22)8-12)34-21(25,26)27/h5-6,8-11,17H,3-4,7H2,1-2H3,(H,28,30)/t11?,17-/m1/s1. The first-order chi connectivity index (χ1) is 16.1. The molecule has 1 heterocycles. The Labute approximate surface area is 208 Å². The average molecular weight is 559 g/mol. The van der Waals surface area contributed by atoms with E-state index in [1.54, 1.807) is 11.6 Å². The van der Waals surface area contributed by atoms with Crippen LogP contribution in [0.4, 0.5) is 23.2 Å². The summed E-state index contributed by atoms with van der Waals surface area (Å²) in [5, 5.41) is -0.328. The minimum Gasteiger partial charge on any atom is -0.487 e. The van der Waals surface area contributed by atoms with E-state index in [2.05, 4.69) is 4.74 Å². The molecule has 1 unspecified atom stereocenters. The Hall–Kier alpha value is -2.44. The molecule has 1 fully saturated rings. The van der Waals surface area contributed by atoms with Crippen molar-refractivity contribution in [1.29, 1.82) is 0 Å². The van der Waals surface area contributed by atoms with Crippen LogP contribution < -0.4 is 19.1 Å². The van der Waals surface area contributed by atoms with Crippen LogP contribution >= 0.6 is 23.2 Å². The minimum absolute atomic E-state index is 0.0635. The molecular formula is C21H20Cl2F4N2O5S. The summed E-state index contributed by atoms with van der Waals surface area (Å²) in [5.41, 5.74) is -0.0220. The van der Waals surface area contributed by atoms with Crippen molar-refractivity contribution in [2.24, 2.45) is 0 Å². The molecule has 14 heteroatoms. The second kappa shape index (κ2) is 10.3. The van der Waals surface area contributed by atoms with Gasteiger partial charge in [0.1, 0.15) is 23.4 Å². The maximum absolute atomic E-state index is 14.5. The summed E-state index contributed by atoms with van der Waals surface area (Å²) < 4.78 is 85.9. The van der Waals surface area contributed by atoms with E-state index in [0.29, 0.717) is 18.7 Å². The quantitative estimate of drug-likeness (QED) is 0.473. The Morgan fingerprint density at radius 1 is 1.17 bits per heavy atom. The Morgan fingerprint density at radius 3 is 2.43 bits per heavy atom. The molecule has 2 atom stereocenters. The van der Waals surface area contributed by atoms with E-state index in [-0.39, 0.29) is 21.8 Å². The highest BCUT2D eigenvalue weighted by atomic mass is 35.5. The smallest absolute Gasteiger partial charge is 0.487 e. The number of carbonyl (C=O) groups excluding carboxylic acids is 1.